The fourth-order valence-corrected chi connectivity index (χ4v) is 1.87. The maximum atomic E-state index is 12.2. The highest BCUT2D eigenvalue weighted by Gasteiger charge is 2.14. The molecule has 8 nitrogen and oxygen atoms in total. The number of nitrogens with two attached hydrogens (primary N) is 1. The van der Waals surface area contributed by atoms with Crippen molar-refractivity contribution in [1.82, 2.24) is 14.1 Å². The fourth-order valence-electron chi connectivity index (χ4n) is 1.87. The Kier molecular flexibility index (Phi) is 4.39. The lowest BCUT2D eigenvalue weighted by Crippen LogP contribution is -2.16. The van der Waals surface area contributed by atoms with Crippen molar-refractivity contribution in [1.29, 1.82) is 0 Å². The topological polar surface area (TPSA) is 107 Å². The van der Waals surface area contributed by atoms with Gasteiger partial charge in [-0.05, 0) is 6.07 Å². The Morgan fingerprint density at radius 1 is 1.29 bits per heavy atom. The third-order valence-electron chi connectivity index (χ3n) is 2.84. The van der Waals surface area contributed by atoms with Crippen molar-refractivity contribution in [3.05, 3.63) is 30.5 Å². The van der Waals surface area contributed by atoms with E-state index in [9.17, 15) is 9.59 Å². The minimum absolute atomic E-state index is 0.181. The van der Waals surface area contributed by atoms with Crippen molar-refractivity contribution in [2.24, 2.45) is 19.8 Å². The van der Waals surface area contributed by atoms with E-state index >= 15 is 0 Å². The normalized spacial score (nSPS) is 10.4. The Morgan fingerprint density at radius 3 is 2.67 bits per heavy atom. The summed E-state index contributed by atoms with van der Waals surface area (Å²) < 4.78 is 3.37. The summed E-state index contributed by atoms with van der Waals surface area (Å²) in [6.07, 6.45) is 5.20. The lowest BCUT2D eigenvalue weighted by Gasteiger charge is -2.02. The first-order valence-electron chi connectivity index (χ1n) is 6.45. The summed E-state index contributed by atoms with van der Waals surface area (Å²) in [7, 11) is 3.54. The van der Waals surface area contributed by atoms with Gasteiger partial charge in [0.15, 0.2) is 5.82 Å². The Balaban J connectivity index is 2.07. The Bertz CT molecular complexity index is 657. The van der Waals surface area contributed by atoms with Crippen molar-refractivity contribution in [3.8, 4) is 0 Å². The summed E-state index contributed by atoms with van der Waals surface area (Å²) in [5, 5.41) is 5.37. The first kappa shape index (κ1) is 14.8. The molecule has 2 aromatic rings. The molecule has 0 atom stereocenters. The molecule has 0 bridgehead atoms. The first-order valence-corrected chi connectivity index (χ1v) is 6.45. The molecule has 0 saturated heterocycles. The molecule has 2 rings (SSSR count). The number of hydrogen-bond acceptors (Lipinski definition) is 4. The van der Waals surface area contributed by atoms with Gasteiger partial charge in [0, 0.05) is 39.5 Å². The molecule has 2 heterocycles. The molecule has 0 saturated carbocycles. The summed E-state index contributed by atoms with van der Waals surface area (Å²) in [6, 6.07) is 1.60. The van der Waals surface area contributed by atoms with Crippen LogP contribution in [0.3, 0.4) is 0 Å². The molecule has 0 aliphatic heterocycles. The number of amides is 2. The van der Waals surface area contributed by atoms with Gasteiger partial charge >= 0.3 is 0 Å². The smallest absolute Gasteiger partial charge is 0.273 e. The number of imidazole rings is 1. The lowest BCUT2D eigenvalue weighted by atomic mass is 10.3. The standard InChI is InChI=1S/C13H18N6O2/c1-18-7-11(15-8-18)17-13(21)10-5-9(6-19(10)2)16-12(20)3-4-14/h5-8H,3-4,14H2,1-2H3,(H,16,20)(H,17,21). The van der Waals surface area contributed by atoms with Crippen molar-refractivity contribution >= 4 is 23.3 Å². The molecule has 0 aliphatic rings. The highest BCUT2D eigenvalue weighted by Crippen LogP contribution is 2.14. The van der Waals surface area contributed by atoms with E-state index in [1.54, 1.807) is 41.0 Å². The number of carbonyl (C=O) groups excluding carboxylic acids is 2. The molecule has 4 N–H and O–H groups in total. The highest BCUT2D eigenvalue weighted by atomic mass is 16.2. The molecule has 0 spiro atoms. The van der Waals surface area contributed by atoms with E-state index in [4.69, 9.17) is 5.73 Å². The molecule has 112 valence electrons. The van der Waals surface area contributed by atoms with E-state index < -0.39 is 0 Å². The zero-order valence-electron chi connectivity index (χ0n) is 12.0. The number of nitrogens with one attached hydrogen (secondary N) is 2. The second-order valence-corrected chi connectivity index (χ2v) is 4.69. The summed E-state index contributed by atoms with van der Waals surface area (Å²) in [6.45, 7) is 0.283. The number of aryl methyl sites for hydroxylation is 2. The van der Waals surface area contributed by atoms with Gasteiger partial charge in [0.1, 0.15) is 5.69 Å². The van der Waals surface area contributed by atoms with Gasteiger partial charge in [-0.25, -0.2) is 4.98 Å². The molecule has 0 radical (unpaired) electrons. The van der Waals surface area contributed by atoms with Crippen LogP contribution in [0.1, 0.15) is 16.9 Å². The van der Waals surface area contributed by atoms with Gasteiger partial charge in [-0.15, -0.1) is 0 Å². The van der Waals surface area contributed by atoms with Crippen LogP contribution in [0.5, 0.6) is 0 Å². The fraction of sp³-hybridized carbons (Fsp3) is 0.308. The van der Waals surface area contributed by atoms with Gasteiger partial charge in [0.05, 0.1) is 12.0 Å². The van der Waals surface area contributed by atoms with Gasteiger partial charge in [-0.1, -0.05) is 0 Å². The minimum atomic E-state index is -0.296. The van der Waals surface area contributed by atoms with Crippen LogP contribution >= 0.6 is 0 Å². The Morgan fingerprint density at radius 2 is 2.05 bits per heavy atom. The molecule has 0 aromatic carbocycles. The van der Waals surface area contributed by atoms with Gasteiger partial charge in [0.25, 0.3) is 5.91 Å². The van der Waals surface area contributed by atoms with E-state index in [0.29, 0.717) is 17.2 Å². The average molecular weight is 290 g/mol. The van der Waals surface area contributed by atoms with E-state index in [1.807, 2.05) is 7.05 Å². The van der Waals surface area contributed by atoms with Crippen molar-refractivity contribution in [2.45, 2.75) is 6.42 Å². The minimum Gasteiger partial charge on any atom is -0.344 e. The lowest BCUT2D eigenvalue weighted by molar-refractivity contribution is -0.116. The molecule has 0 fully saturated rings. The quantitative estimate of drug-likeness (QED) is 0.736. The van der Waals surface area contributed by atoms with E-state index in [1.165, 1.54) is 0 Å². The van der Waals surface area contributed by atoms with Crippen LogP contribution in [-0.4, -0.2) is 32.5 Å². The second kappa shape index (κ2) is 6.23. The van der Waals surface area contributed by atoms with Crippen LogP contribution in [0.2, 0.25) is 0 Å². The Labute approximate surface area is 121 Å². The Hall–Kier alpha value is -2.61. The van der Waals surface area contributed by atoms with Gasteiger partial charge < -0.3 is 25.5 Å². The number of nitrogens with zero attached hydrogens (tertiary/aromatic N) is 3. The molecule has 21 heavy (non-hydrogen) atoms. The first-order chi connectivity index (χ1) is 9.99. The van der Waals surface area contributed by atoms with Gasteiger partial charge in [0.2, 0.25) is 5.91 Å². The second-order valence-electron chi connectivity index (χ2n) is 4.69. The van der Waals surface area contributed by atoms with Crippen LogP contribution in [0.4, 0.5) is 11.5 Å². The zero-order valence-corrected chi connectivity index (χ0v) is 12.0. The van der Waals surface area contributed by atoms with Gasteiger partial charge in [-0.3, -0.25) is 9.59 Å². The summed E-state index contributed by atoms with van der Waals surface area (Å²) in [5.41, 5.74) is 6.29. The van der Waals surface area contributed by atoms with Gasteiger partial charge in [-0.2, -0.15) is 0 Å². The van der Waals surface area contributed by atoms with Crippen LogP contribution in [0.15, 0.2) is 24.8 Å². The third-order valence-corrected chi connectivity index (χ3v) is 2.84. The highest BCUT2D eigenvalue weighted by molar-refractivity contribution is 6.04. The molecule has 0 aliphatic carbocycles. The van der Waals surface area contributed by atoms with Crippen LogP contribution in [0, 0.1) is 0 Å². The number of anilines is 2. The third kappa shape index (κ3) is 3.69. The number of aromatic nitrogens is 3. The number of carbonyl (C=O) groups is 2. The summed E-state index contributed by atoms with van der Waals surface area (Å²) in [5.74, 6) is -0.00674. The van der Waals surface area contributed by atoms with Crippen LogP contribution < -0.4 is 16.4 Å². The van der Waals surface area contributed by atoms with Crippen molar-refractivity contribution < 1.29 is 9.59 Å². The molecule has 2 aromatic heterocycles. The average Bonchev–Trinajstić information content (AvgIpc) is 2.96. The summed E-state index contributed by atoms with van der Waals surface area (Å²) >= 11 is 0. The van der Waals surface area contributed by atoms with Crippen molar-refractivity contribution in [2.75, 3.05) is 17.2 Å². The molecule has 2 amide bonds. The maximum absolute atomic E-state index is 12.2. The SMILES string of the molecule is Cn1cnc(NC(=O)c2cc(NC(=O)CCN)cn2C)c1. The zero-order chi connectivity index (χ0) is 15.4. The van der Waals surface area contributed by atoms with Crippen LogP contribution in [0.25, 0.3) is 0 Å². The number of hydrogen-bond donors (Lipinski definition) is 3. The van der Waals surface area contributed by atoms with Crippen LogP contribution in [-0.2, 0) is 18.9 Å². The molecular formula is C13H18N6O2. The monoisotopic (exact) mass is 290 g/mol. The molecule has 0 unspecified atom stereocenters. The van der Waals surface area contributed by atoms with E-state index in [-0.39, 0.29) is 24.8 Å². The maximum Gasteiger partial charge on any atom is 0.273 e. The number of rotatable bonds is 5. The predicted octanol–water partition coefficient (Wildman–Crippen LogP) is 0.298. The van der Waals surface area contributed by atoms with Crippen molar-refractivity contribution in [3.63, 3.8) is 0 Å². The van der Waals surface area contributed by atoms with E-state index in [0.717, 1.165) is 0 Å². The summed E-state index contributed by atoms with van der Waals surface area (Å²) in [4.78, 5) is 27.7. The van der Waals surface area contributed by atoms with E-state index in [2.05, 4.69) is 15.6 Å². The molecular weight excluding hydrogens is 272 g/mol. The largest absolute Gasteiger partial charge is 0.344 e. The predicted molar refractivity (Wildman–Crippen MR) is 78.9 cm³/mol. The molecule has 8 heteroatoms.